The SMILES string of the molecule is CC(C)(CCS(=O)(=O)CCC(C)(C)c1ccc(F)cc1)c1ccc(F)cc1. The topological polar surface area (TPSA) is 34.1 Å². The highest BCUT2D eigenvalue weighted by atomic mass is 32.2. The van der Waals surface area contributed by atoms with Crippen molar-refractivity contribution >= 4 is 9.84 Å². The molecule has 27 heavy (non-hydrogen) atoms. The normalized spacial score (nSPS) is 13.0. The van der Waals surface area contributed by atoms with Crippen LogP contribution in [-0.2, 0) is 20.7 Å². The average molecular weight is 395 g/mol. The Morgan fingerprint density at radius 3 is 1.26 bits per heavy atom. The van der Waals surface area contributed by atoms with Gasteiger partial charge in [0.1, 0.15) is 21.5 Å². The van der Waals surface area contributed by atoms with E-state index in [-0.39, 0.29) is 34.0 Å². The van der Waals surface area contributed by atoms with Gasteiger partial charge in [-0.3, -0.25) is 0 Å². The molecule has 0 heterocycles. The van der Waals surface area contributed by atoms with E-state index in [4.69, 9.17) is 0 Å². The van der Waals surface area contributed by atoms with Gasteiger partial charge in [0.2, 0.25) is 0 Å². The second-order valence-corrected chi connectivity index (χ2v) is 10.7. The summed E-state index contributed by atoms with van der Waals surface area (Å²) in [6.07, 6.45) is 0.940. The van der Waals surface area contributed by atoms with Gasteiger partial charge in [-0.05, 0) is 59.1 Å². The maximum Gasteiger partial charge on any atom is 0.150 e. The van der Waals surface area contributed by atoms with E-state index < -0.39 is 9.84 Å². The molecule has 0 fully saturated rings. The van der Waals surface area contributed by atoms with Crippen LogP contribution in [0.2, 0.25) is 0 Å². The van der Waals surface area contributed by atoms with Crippen LogP contribution < -0.4 is 0 Å². The third-order valence-electron chi connectivity index (χ3n) is 5.33. The van der Waals surface area contributed by atoms with Gasteiger partial charge in [0.05, 0.1) is 11.5 Å². The van der Waals surface area contributed by atoms with Crippen molar-refractivity contribution in [2.75, 3.05) is 11.5 Å². The van der Waals surface area contributed by atoms with Gasteiger partial charge >= 0.3 is 0 Å². The highest BCUT2D eigenvalue weighted by molar-refractivity contribution is 7.91. The Morgan fingerprint density at radius 2 is 0.963 bits per heavy atom. The number of rotatable bonds is 8. The molecule has 2 rings (SSSR count). The standard InChI is InChI=1S/C22H28F2O2S/c1-21(2,17-5-9-19(23)10-6-17)13-15-27(25,26)16-14-22(3,4)18-7-11-20(24)12-8-18/h5-12H,13-16H2,1-4H3. The molecule has 2 aromatic carbocycles. The van der Waals surface area contributed by atoms with E-state index in [9.17, 15) is 17.2 Å². The molecule has 0 saturated heterocycles. The zero-order valence-corrected chi connectivity index (χ0v) is 17.2. The highest BCUT2D eigenvalue weighted by Crippen LogP contribution is 2.30. The van der Waals surface area contributed by atoms with Crippen LogP contribution in [0.25, 0.3) is 0 Å². The molecule has 0 aliphatic heterocycles. The van der Waals surface area contributed by atoms with Crippen molar-refractivity contribution in [3.8, 4) is 0 Å². The van der Waals surface area contributed by atoms with E-state index in [1.807, 2.05) is 27.7 Å². The molecule has 0 saturated carbocycles. The number of hydrogen-bond donors (Lipinski definition) is 0. The summed E-state index contributed by atoms with van der Waals surface area (Å²) in [5.74, 6) is -0.441. The molecular weight excluding hydrogens is 366 g/mol. The van der Waals surface area contributed by atoms with Crippen molar-refractivity contribution in [1.29, 1.82) is 0 Å². The van der Waals surface area contributed by atoms with E-state index in [2.05, 4.69) is 0 Å². The lowest BCUT2D eigenvalue weighted by atomic mass is 9.82. The number of halogens is 2. The summed E-state index contributed by atoms with van der Waals surface area (Å²) in [5, 5.41) is 0. The van der Waals surface area contributed by atoms with Gasteiger partial charge in [-0.25, -0.2) is 17.2 Å². The van der Waals surface area contributed by atoms with Gasteiger partial charge in [-0.15, -0.1) is 0 Å². The first-order valence-electron chi connectivity index (χ1n) is 9.14. The number of hydrogen-bond acceptors (Lipinski definition) is 2. The molecule has 0 atom stereocenters. The van der Waals surface area contributed by atoms with Gasteiger partial charge < -0.3 is 0 Å². The van der Waals surface area contributed by atoms with E-state index in [1.54, 1.807) is 24.3 Å². The molecule has 0 radical (unpaired) electrons. The molecule has 2 aromatic rings. The van der Waals surface area contributed by atoms with E-state index in [0.717, 1.165) is 11.1 Å². The monoisotopic (exact) mass is 394 g/mol. The van der Waals surface area contributed by atoms with E-state index in [1.165, 1.54) is 24.3 Å². The second-order valence-electron chi connectivity index (χ2n) is 8.43. The quantitative estimate of drug-likeness (QED) is 0.599. The van der Waals surface area contributed by atoms with Crippen LogP contribution in [0.1, 0.15) is 51.7 Å². The minimum Gasteiger partial charge on any atom is -0.229 e. The average Bonchev–Trinajstić information content (AvgIpc) is 2.60. The Balaban J connectivity index is 1.98. The Hall–Kier alpha value is -1.75. The Labute approximate surface area is 161 Å². The summed E-state index contributed by atoms with van der Waals surface area (Å²) in [6.45, 7) is 7.88. The molecule has 2 nitrogen and oxygen atoms in total. The van der Waals surface area contributed by atoms with Crippen LogP contribution in [0.5, 0.6) is 0 Å². The molecule has 0 bridgehead atoms. The van der Waals surface area contributed by atoms with Crippen LogP contribution in [0.4, 0.5) is 8.78 Å². The minimum absolute atomic E-state index is 0.0802. The molecule has 0 amide bonds. The smallest absolute Gasteiger partial charge is 0.150 e. The van der Waals surface area contributed by atoms with Gasteiger partial charge in [0, 0.05) is 0 Å². The molecule has 148 valence electrons. The predicted octanol–water partition coefficient (Wildman–Crippen LogP) is 5.42. The molecular formula is C22H28F2O2S. The third kappa shape index (κ3) is 6.13. The van der Waals surface area contributed by atoms with Gasteiger partial charge in [0.15, 0.2) is 0 Å². The lowest BCUT2D eigenvalue weighted by Gasteiger charge is -2.27. The van der Waals surface area contributed by atoms with Gasteiger partial charge in [0.25, 0.3) is 0 Å². The largest absolute Gasteiger partial charge is 0.229 e. The summed E-state index contributed by atoms with van der Waals surface area (Å²) in [4.78, 5) is 0. The van der Waals surface area contributed by atoms with Gasteiger partial charge in [-0.1, -0.05) is 52.0 Å². The molecule has 0 spiro atoms. The maximum absolute atomic E-state index is 13.1. The van der Waals surface area contributed by atoms with E-state index >= 15 is 0 Å². The summed E-state index contributed by atoms with van der Waals surface area (Å²) in [7, 11) is -3.23. The van der Waals surface area contributed by atoms with Crippen molar-refractivity contribution in [2.45, 2.75) is 51.4 Å². The van der Waals surface area contributed by atoms with Crippen molar-refractivity contribution in [1.82, 2.24) is 0 Å². The first-order chi connectivity index (χ1) is 12.4. The molecule has 0 aromatic heterocycles. The van der Waals surface area contributed by atoms with Crippen LogP contribution in [0.3, 0.4) is 0 Å². The zero-order valence-electron chi connectivity index (χ0n) is 16.4. The summed E-state index contributed by atoms with van der Waals surface area (Å²) in [6, 6.07) is 12.4. The van der Waals surface area contributed by atoms with Crippen LogP contribution in [0, 0.1) is 11.6 Å². The summed E-state index contributed by atoms with van der Waals surface area (Å²) >= 11 is 0. The van der Waals surface area contributed by atoms with Gasteiger partial charge in [-0.2, -0.15) is 0 Å². The van der Waals surface area contributed by atoms with Crippen molar-refractivity contribution in [2.24, 2.45) is 0 Å². The minimum atomic E-state index is -3.23. The molecule has 0 N–H and O–H groups in total. The highest BCUT2D eigenvalue weighted by Gasteiger charge is 2.27. The van der Waals surface area contributed by atoms with Crippen LogP contribution in [-0.4, -0.2) is 19.9 Å². The Kier molecular flexibility index (Phi) is 6.46. The second kappa shape index (κ2) is 8.09. The lowest BCUT2D eigenvalue weighted by molar-refractivity contribution is 0.485. The number of benzene rings is 2. The molecule has 0 unspecified atom stereocenters. The zero-order chi connectivity index (χ0) is 20.3. The first-order valence-corrected chi connectivity index (χ1v) is 11.0. The third-order valence-corrected chi connectivity index (χ3v) is 6.98. The summed E-state index contributed by atoms with van der Waals surface area (Å²) in [5.41, 5.74) is 1.14. The fraction of sp³-hybridized carbons (Fsp3) is 0.455. The number of sulfone groups is 1. The molecule has 0 aliphatic carbocycles. The van der Waals surface area contributed by atoms with Crippen molar-refractivity contribution in [3.05, 3.63) is 71.3 Å². The Morgan fingerprint density at radius 1 is 0.667 bits per heavy atom. The Bertz CT molecular complexity index is 785. The first kappa shape index (κ1) is 21.5. The van der Waals surface area contributed by atoms with Crippen molar-refractivity contribution in [3.63, 3.8) is 0 Å². The molecule has 5 heteroatoms. The molecule has 0 aliphatic rings. The van der Waals surface area contributed by atoms with Crippen LogP contribution in [0.15, 0.2) is 48.5 Å². The predicted molar refractivity (Wildman–Crippen MR) is 107 cm³/mol. The van der Waals surface area contributed by atoms with Crippen molar-refractivity contribution < 1.29 is 17.2 Å². The van der Waals surface area contributed by atoms with Crippen LogP contribution >= 0.6 is 0 Å². The van der Waals surface area contributed by atoms with E-state index in [0.29, 0.717) is 12.8 Å². The lowest BCUT2D eigenvalue weighted by Crippen LogP contribution is -2.26. The fourth-order valence-electron chi connectivity index (χ4n) is 3.01. The summed E-state index contributed by atoms with van der Waals surface area (Å²) < 4.78 is 51.4. The fourth-order valence-corrected chi connectivity index (χ4v) is 4.86. The maximum atomic E-state index is 13.1.